The summed E-state index contributed by atoms with van der Waals surface area (Å²) in [6.07, 6.45) is 0.423. The van der Waals surface area contributed by atoms with Gasteiger partial charge in [-0.2, -0.15) is 0 Å². The molecule has 0 spiro atoms. The SMILES string of the molecule is CCOC(=O)CSc1nnc(N)n1C(CC)C(=O)Nc1ccc(Cl)cc1Cl. The number of esters is 1. The van der Waals surface area contributed by atoms with Crippen LogP contribution in [0.2, 0.25) is 10.0 Å². The summed E-state index contributed by atoms with van der Waals surface area (Å²) >= 11 is 13.1. The lowest BCUT2D eigenvalue weighted by atomic mass is 10.2. The number of carbonyl (C=O) groups excluding carboxylic acids is 2. The minimum absolute atomic E-state index is 0.0348. The molecular formula is C16H19Cl2N5O3S. The Morgan fingerprint density at radius 3 is 2.70 bits per heavy atom. The number of nitrogens with zero attached hydrogens (tertiary/aromatic N) is 3. The maximum absolute atomic E-state index is 12.8. The van der Waals surface area contributed by atoms with Crippen molar-refractivity contribution < 1.29 is 14.3 Å². The van der Waals surface area contributed by atoms with Crippen LogP contribution >= 0.6 is 35.0 Å². The highest BCUT2D eigenvalue weighted by molar-refractivity contribution is 7.99. The smallest absolute Gasteiger partial charge is 0.316 e. The number of hydrogen-bond donors (Lipinski definition) is 2. The van der Waals surface area contributed by atoms with E-state index in [1.807, 2.05) is 6.92 Å². The van der Waals surface area contributed by atoms with E-state index in [1.165, 1.54) is 10.6 Å². The molecule has 8 nitrogen and oxygen atoms in total. The number of benzene rings is 1. The Hall–Kier alpha value is -1.97. The number of amides is 1. The third kappa shape index (κ3) is 5.50. The summed E-state index contributed by atoms with van der Waals surface area (Å²) in [5, 5.41) is 11.7. The molecule has 1 aromatic heterocycles. The second-order valence-electron chi connectivity index (χ2n) is 5.34. The van der Waals surface area contributed by atoms with Crippen molar-refractivity contribution in [1.29, 1.82) is 0 Å². The molecule has 27 heavy (non-hydrogen) atoms. The Morgan fingerprint density at radius 1 is 1.33 bits per heavy atom. The number of nitrogens with one attached hydrogen (secondary N) is 1. The van der Waals surface area contributed by atoms with Crippen LogP contribution in [0.1, 0.15) is 26.3 Å². The van der Waals surface area contributed by atoms with E-state index >= 15 is 0 Å². The summed E-state index contributed by atoms with van der Waals surface area (Å²) in [5.41, 5.74) is 6.33. The second kappa shape index (κ2) is 9.82. The van der Waals surface area contributed by atoms with Crippen LogP contribution < -0.4 is 11.1 Å². The van der Waals surface area contributed by atoms with E-state index in [0.717, 1.165) is 11.8 Å². The Kier molecular flexibility index (Phi) is 7.76. The highest BCUT2D eigenvalue weighted by atomic mass is 35.5. The van der Waals surface area contributed by atoms with Gasteiger partial charge in [0.2, 0.25) is 11.9 Å². The number of aromatic nitrogens is 3. The zero-order valence-electron chi connectivity index (χ0n) is 14.7. The molecule has 1 amide bonds. The fourth-order valence-electron chi connectivity index (χ4n) is 2.30. The second-order valence-corrected chi connectivity index (χ2v) is 7.13. The zero-order chi connectivity index (χ0) is 20.0. The summed E-state index contributed by atoms with van der Waals surface area (Å²) in [6.45, 7) is 3.84. The van der Waals surface area contributed by atoms with Crippen molar-refractivity contribution in [2.75, 3.05) is 23.4 Å². The van der Waals surface area contributed by atoms with E-state index in [-0.39, 0.29) is 30.2 Å². The number of nitrogen functional groups attached to an aromatic ring is 1. The Bertz CT molecular complexity index is 830. The molecule has 1 unspecified atom stereocenters. The van der Waals surface area contributed by atoms with Gasteiger partial charge in [0, 0.05) is 5.02 Å². The minimum atomic E-state index is -0.684. The van der Waals surface area contributed by atoms with E-state index < -0.39 is 6.04 Å². The van der Waals surface area contributed by atoms with Gasteiger partial charge < -0.3 is 15.8 Å². The maximum atomic E-state index is 12.8. The van der Waals surface area contributed by atoms with E-state index in [0.29, 0.717) is 27.3 Å². The molecule has 0 aliphatic carbocycles. The van der Waals surface area contributed by atoms with Crippen LogP contribution in [0.5, 0.6) is 0 Å². The third-order valence-electron chi connectivity index (χ3n) is 3.51. The van der Waals surface area contributed by atoms with Gasteiger partial charge in [-0.05, 0) is 31.5 Å². The molecule has 0 saturated heterocycles. The highest BCUT2D eigenvalue weighted by Gasteiger charge is 2.26. The summed E-state index contributed by atoms with van der Waals surface area (Å²) < 4.78 is 6.38. The van der Waals surface area contributed by atoms with Crippen molar-refractivity contribution in [3.63, 3.8) is 0 Å². The Morgan fingerprint density at radius 2 is 2.07 bits per heavy atom. The van der Waals surface area contributed by atoms with E-state index in [4.69, 9.17) is 33.7 Å². The number of carbonyl (C=O) groups is 2. The molecule has 0 aliphatic heterocycles. The highest BCUT2D eigenvalue weighted by Crippen LogP contribution is 2.29. The van der Waals surface area contributed by atoms with Gasteiger partial charge in [0.25, 0.3) is 0 Å². The lowest BCUT2D eigenvalue weighted by Crippen LogP contribution is -2.27. The molecule has 0 bridgehead atoms. The summed E-state index contributed by atoms with van der Waals surface area (Å²) in [6, 6.07) is 4.09. The van der Waals surface area contributed by atoms with Gasteiger partial charge in [0.1, 0.15) is 6.04 Å². The molecular weight excluding hydrogens is 413 g/mol. The quantitative estimate of drug-likeness (QED) is 0.486. The first kappa shape index (κ1) is 21.3. The van der Waals surface area contributed by atoms with Crippen LogP contribution in [-0.2, 0) is 14.3 Å². The molecule has 146 valence electrons. The molecule has 11 heteroatoms. The van der Waals surface area contributed by atoms with Gasteiger partial charge in [-0.1, -0.05) is 41.9 Å². The van der Waals surface area contributed by atoms with Crippen LogP contribution in [-0.4, -0.2) is 39.0 Å². The molecule has 0 fully saturated rings. The average Bonchev–Trinajstić information content (AvgIpc) is 2.97. The number of ether oxygens (including phenoxy) is 1. The van der Waals surface area contributed by atoms with Gasteiger partial charge in [0.15, 0.2) is 5.16 Å². The number of hydrogen-bond acceptors (Lipinski definition) is 7. The van der Waals surface area contributed by atoms with Gasteiger partial charge >= 0.3 is 5.97 Å². The summed E-state index contributed by atoms with van der Waals surface area (Å²) in [4.78, 5) is 24.4. The van der Waals surface area contributed by atoms with Gasteiger partial charge in [0.05, 0.1) is 23.1 Å². The summed E-state index contributed by atoms with van der Waals surface area (Å²) in [5.74, 6) is -0.620. The monoisotopic (exact) mass is 431 g/mol. The van der Waals surface area contributed by atoms with Gasteiger partial charge in [-0.3, -0.25) is 14.2 Å². The van der Waals surface area contributed by atoms with Crippen molar-refractivity contribution in [2.45, 2.75) is 31.5 Å². The first-order chi connectivity index (χ1) is 12.9. The van der Waals surface area contributed by atoms with Crippen LogP contribution in [0.4, 0.5) is 11.6 Å². The van der Waals surface area contributed by atoms with Crippen LogP contribution in [0, 0.1) is 0 Å². The topological polar surface area (TPSA) is 112 Å². The standard InChI is InChI=1S/C16H19Cl2N5O3S/c1-3-12(14(25)20-11-6-5-9(17)7-10(11)18)23-15(19)21-22-16(23)27-8-13(24)26-4-2/h5-7,12H,3-4,8H2,1-2H3,(H2,19,21)(H,20,25). The van der Waals surface area contributed by atoms with Gasteiger partial charge in [-0.15, -0.1) is 10.2 Å². The maximum Gasteiger partial charge on any atom is 0.316 e. The molecule has 2 rings (SSSR count). The number of anilines is 2. The molecule has 1 heterocycles. The molecule has 0 aliphatic rings. The summed E-state index contributed by atoms with van der Waals surface area (Å²) in [7, 11) is 0. The lowest BCUT2D eigenvalue weighted by Gasteiger charge is -2.19. The normalized spacial score (nSPS) is 11.9. The van der Waals surface area contributed by atoms with Gasteiger partial charge in [-0.25, -0.2) is 0 Å². The van der Waals surface area contributed by atoms with Crippen molar-refractivity contribution in [3.8, 4) is 0 Å². The molecule has 2 aromatic rings. The van der Waals surface area contributed by atoms with Crippen LogP contribution in [0.3, 0.4) is 0 Å². The van der Waals surface area contributed by atoms with Crippen molar-refractivity contribution >= 4 is 58.5 Å². The largest absolute Gasteiger partial charge is 0.465 e. The molecule has 0 radical (unpaired) electrons. The first-order valence-corrected chi connectivity index (χ1v) is 9.86. The molecule has 1 aromatic carbocycles. The average molecular weight is 432 g/mol. The molecule has 0 saturated carbocycles. The predicted octanol–water partition coefficient (Wildman–Crippen LogP) is 3.41. The van der Waals surface area contributed by atoms with Crippen LogP contribution in [0.15, 0.2) is 23.4 Å². The predicted molar refractivity (Wildman–Crippen MR) is 106 cm³/mol. The van der Waals surface area contributed by atoms with Crippen LogP contribution in [0.25, 0.3) is 0 Å². The first-order valence-electron chi connectivity index (χ1n) is 8.12. The molecule has 1 atom stereocenters. The zero-order valence-corrected chi connectivity index (χ0v) is 17.1. The van der Waals surface area contributed by atoms with Crippen molar-refractivity contribution in [1.82, 2.24) is 14.8 Å². The Labute approximate surface area is 170 Å². The number of nitrogens with two attached hydrogens (primary N) is 1. The third-order valence-corrected chi connectivity index (χ3v) is 4.97. The lowest BCUT2D eigenvalue weighted by molar-refractivity contribution is -0.139. The molecule has 3 N–H and O–H groups in total. The fraction of sp³-hybridized carbons (Fsp3) is 0.375. The number of thioether (sulfide) groups is 1. The van der Waals surface area contributed by atoms with E-state index in [1.54, 1.807) is 19.1 Å². The fourth-order valence-corrected chi connectivity index (χ4v) is 3.54. The van der Waals surface area contributed by atoms with E-state index in [2.05, 4.69) is 15.5 Å². The van der Waals surface area contributed by atoms with Crippen molar-refractivity contribution in [3.05, 3.63) is 28.2 Å². The minimum Gasteiger partial charge on any atom is -0.465 e. The number of rotatable bonds is 8. The van der Waals surface area contributed by atoms with Crippen molar-refractivity contribution in [2.24, 2.45) is 0 Å². The van der Waals surface area contributed by atoms with E-state index in [9.17, 15) is 9.59 Å². The Balaban J connectivity index is 2.19. The number of halogens is 2.